The monoisotopic (exact) mass is 354 g/mol. The van der Waals surface area contributed by atoms with Gasteiger partial charge in [0.25, 0.3) is 5.22 Å². The number of fused-ring (bicyclic) bond motifs is 1. The molecule has 0 saturated heterocycles. The average molecular weight is 354 g/mol. The Morgan fingerprint density at radius 2 is 1.84 bits per heavy atom. The Balaban J connectivity index is 1.49. The van der Waals surface area contributed by atoms with Gasteiger partial charge in [-0.3, -0.25) is 4.79 Å². The van der Waals surface area contributed by atoms with Gasteiger partial charge in [-0.15, -0.1) is 0 Å². The third-order valence-corrected chi connectivity index (χ3v) is 4.96. The number of carbonyl (C=O) groups is 1. The number of carbonyl (C=O) groups excluding carboxylic acids is 1. The van der Waals surface area contributed by atoms with E-state index in [0.717, 1.165) is 23.9 Å². The Bertz CT molecular complexity index is 799. The van der Waals surface area contributed by atoms with Gasteiger partial charge in [-0.05, 0) is 44.4 Å². The molecule has 3 aromatic rings. The van der Waals surface area contributed by atoms with Crippen molar-refractivity contribution in [2.24, 2.45) is 0 Å². The van der Waals surface area contributed by atoms with Crippen molar-refractivity contribution >= 4 is 28.8 Å². The lowest BCUT2D eigenvalue weighted by Crippen LogP contribution is -2.37. The summed E-state index contributed by atoms with van der Waals surface area (Å²) in [7, 11) is 0. The molecule has 0 unspecified atom stereocenters. The number of hydrogen-bond acceptors (Lipinski definition) is 4. The molecule has 0 aliphatic carbocycles. The fourth-order valence-corrected chi connectivity index (χ4v) is 3.33. The molecule has 0 fully saturated rings. The number of aryl methyl sites for hydroxylation is 1. The van der Waals surface area contributed by atoms with E-state index in [-0.39, 0.29) is 17.2 Å². The molecule has 0 aliphatic heterocycles. The predicted molar refractivity (Wildman–Crippen MR) is 102 cm³/mol. The van der Waals surface area contributed by atoms with Crippen molar-refractivity contribution in [2.75, 3.05) is 0 Å². The fourth-order valence-electron chi connectivity index (χ4n) is 2.57. The number of oxazole rings is 1. The number of thioether (sulfide) groups is 1. The van der Waals surface area contributed by atoms with E-state index in [9.17, 15) is 4.79 Å². The lowest BCUT2D eigenvalue weighted by molar-refractivity contribution is -0.120. The maximum Gasteiger partial charge on any atom is 0.257 e. The molecular formula is C20H22N2O2S. The molecule has 25 heavy (non-hydrogen) atoms. The van der Waals surface area contributed by atoms with Gasteiger partial charge in [0.05, 0.1) is 5.25 Å². The molecule has 1 amide bonds. The topological polar surface area (TPSA) is 55.1 Å². The summed E-state index contributed by atoms with van der Waals surface area (Å²) in [6.07, 6.45) is 1.87. The maximum atomic E-state index is 12.4. The van der Waals surface area contributed by atoms with Crippen molar-refractivity contribution in [1.29, 1.82) is 0 Å². The zero-order valence-electron chi connectivity index (χ0n) is 14.4. The molecule has 1 heterocycles. The molecular weight excluding hydrogens is 332 g/mol. The quantitative estimate of drug-likeness (QED) is 0.637. The number of rotatable bonds is 7. The van der Waals surface area contributed by atoms with Gasteiger partial charge < -0.3 is 9.73 Å². The molecule has 0 aliphatic rings. The number of benzene rings is 2. The van der Waals surface area contributed by atoms with Crippen LogP contribution in [0.25, 0.3) is 11.1 Å². The molecule has 5 heteroatoms. The second-order valence-corrected chi connectivity index (χ2v) is 7.43. The van der Waals surface area contributed by atoms with Gasteiger partial charge in [-0.2, -0.15) is 0 Å². The number of hydrogen-bond donors (Lipinski definition) is 1. The van der Waals surface area contributed by atoms with Gasteiger partial charge in [0, 0.05) is 6.04 Å². The van der Waals surface area contributed by atoms with Crippen molar-refractivity contribution in [3.05, 3.63) is 60.2 Å². The summed E-state index contributed by atoms with van der Waals surface area (Å²) in [6, 6.07) is 18.0. The highest BCUT2D eigenvalue weighted by Crippen LogP contribution is 2.26. The SMILES string of the molecule is C[C@H](CCc1ccccc1)NC(=O)[C@H](C)Sc1nc2ccccc2o1. The summed E-state index contributed by atoms with van der Waals surface area (Å²) in [5.74, 6) is 0.00724. The number of nitrogens with one attached hydrogen (secondary N) is 1. The Kier molecular flexibility index (Phi) is 5.76. The standard InChI is InChI=1S/C20H22N2O2S/c1-14(12-13-16-8-4-3-5-9-16)21-19(23)15(2)25-20-22-17-10-6-7-11-18(17)24-20/h3-11,14-15H,12-13H2,1-2H3,(H,21,23)/t14-,15+/m1/s1. The lowest BCUT2D eigenvalue weighted by atomic mass is 10.1. The second-order valence-electron chi connectivity index (χ2n) is 6.14. The summed E-state index contributed by atoms with van der Waals surface area (Å²) < 4.78 is 5.67. The minimum absolute atomic E-state index is 0.00724. The zero-order valence-corrected chi connectivity index (χ0v) is 15.3. The average Bonchev–Trinajstić information content (AvgIpc) is 3.03. The van der Waals surface area contributed by atoms with E-state index in [1.807, 2.05) is 56.3 Å². The summed E-state index contributed by atoms with van der Waals surface area (Å²) in [4.78, 5) is 16.8. The minimum Gasteiger partial charge on any atom is -0.431 e. The second kappa shape index (κ2) is 8.21. The summed E-state index contributed by atoms with van der Waals surface area (Å²) in [6.45, 7) is 3.91. The lowest BCUT2D eigenvalue weighted by Gasteiger charge is -2.16. The molecule has 1 aromatic heterocycles. The van der Waals surface area contributed by atoms with E-state index >= 15 is 0 Å². The van der Waals surface area contributed by atoms with Crippen molar-refractivity contribution < 1.29 is 9.21 Å². The van der Waals surface area contributed by atoms with Crippen molar-refractivity contribution in [3.63, 3.8) is 0 Å². The number of aromatic nitrogens is 1. The largest absolute Gasteiger partial charge is 0.431 e. The summed E-state index contributed by atoms with van der Waals surface area (Å²) in [5.41, 5.74) is 2.85. The van der Waals surface area contributed by atoms with Gasteiger partial charge >= 0.3 is 0 Å². The fraction of sp³-hybridized carbons (Fsp3) is 0.300. The van der Waals surface area contributed by atoms with Gasteiger partial charge in [0.2, 0.25) is 5.91 Å². The number of nitrogens with zero attached hydrogens (tertiary/aromatic N) is 1. The van der Waals surface area contributed by atoms with Crippen LogP contribution in [0.1, 0.15) is 25.8 Å². The zero-order chi connectivity index (χ0) is 17.6. The van der Waals surface area contributed by atoms with Crippen LogP contribution >= 0.6 is 11.8 Å². The van der Waals surface area contributed by atoms with E-state index in [1.54, 1.807) is 0 Å². The highest BCUT2D eigenvalue weighted by atomic mass is 32.2. The van der Waals surface area contributed by atoms with Crippen LogP contribution < -0.4 is 5.32 Å². The molecule has 0 bridgehead atoms. The van der Waals surface area contributed by atoms with Crippen LogP contribution in [-0.4, -0.2) is 22.2 Å². The molecule has 1 N–H and O–H groups in total. The Morgan fingerprint density at radius 1 is 1.12 bits per heavy atom. The van der Waals surface area contributed by atoms with Crippen LogP contribution in [-0.2, 0) is 11.2 Å². The number of amides is 1. The first-order chi connectivity index (χ1) is 12.1. The predicted octanol–water partition coefficient (Wildman–Crippen LogP) is 4.45. The van der Waals surface area contributed by atoms with Gasteiger partial charge in [-0.25, -0.2) is 4.98 Å². The Labute approximate surface area is 152 Å². The molecule has 3 rings (SSSR count). The van der Waals surface area contributed by atoms with Crippen LogP contribution in [0.3, 0.4) is 0 Å². The van der Waals surface area contributed by atoms with Gasteiger partial charge in [-0.1, -0.05) is 54.2 Å². The molecule has 0 saturated carbocycles. The Hall–Kier alpha value is -2.27. The van der Waals surface area contributed by atoms with E-state index in [2.05, 4.69) is 22.4 Å². The highest BCUT2D eigenvalue weighted by Gasteiger charge is 2.19. The molecule has 0 spiro atoms. The van der Waals surface area contributed by atoms with Crippen LogP contribution in [0.15, 0.2) is 64.2 Å². The van der Waals surface area contributed by atoms with E-state index < -0.39 is 0 Å². The van der Waals surface area contributed by atoms with Gasteiger partial charge in [0.1, 0.15) is 5.52 Å². The van der Waals surface area contributed by atoms with E-state index in [4.69, 9.17) is 4.42 Å². The van der Waals surface area contributed by atoms with Crippen LogP contribution in [0.5, 0.6) is 0 Å². The van der Waals surface area contributed by atoms with Crippen molar-refractivity contribution in [3.8, 4) is 0 Å². The number of para-hydroxylation sites is 2. The molecule has 0 radical (unpaired) electrons. The highest BCUT2D eigenvalue weighted by molar-refractivity contribution is 8.00. The third kappa shape index (κ3) is 4.86. The van der Waals surface area contributed by atoms with Crippen LogP contribution in [0.4, 0.5) is 0 Å². The molecule has 2 atom stereocenters. The van der Waals surface area contributed by atoms with Crippen molar-refractivity contribution in [2.45, 2.75) is 43.2 Å². The first-order valence-corrected chi connectivity index (χ1v) is 9.36. The third-order valence-electron chi connectivity index (χ3n) is 4.02. The first-order valence-electron chi connectivity index (χ1n) is 8.48. The van der Waals surface area contributed by atoms with E-state index in [1.165, 1.54) is 17.3 Å². The van der Waals surface area contributed by atoms with Crippen LogP contribution in [0.2, 0.25) is 0 Å². The van der Waals surface area contributed by atoms with Crippen LogP contribution in [0, 0.1) is 0 Å². The Morgan fingerprint density at radius 3 is 2.60 bits per heavy atom. The molecule has 4 nitrogen and oxygen atoms in total. The first kappa shape index (κ1) is 17.5. The summed E-state index contributed by atoms with van der Waals surface area (Å²) in [5, 5.41) is 3.35. The van der Waals surface area contributed by atoms with Gasteiger partial charge in [0.15, 0.2) is 5.58 Å². The minimum atomic E-state index is -0.257. The van der Waals surface area contributed by atoms with E-state index in [0.29, 0.717) is 5.22 Å². The molecule has 130 valence electrons. The summed E-state index contributed by atoms with van der Waals surface area (Å²) >= 11 is 1.34. The van der Waals surface area contributed by atoms with Crippen molar-refractivity contribution in [1.82, 2.24) is 10.3 Å². The molecule has 2 aromatic carbocycles. The maximum absolute atomic E-state index is 12.4. The smallest absolute Gasteiger partial charge is 0.257 e. The normalized spacial score (nSPS) is 13.5.